The Bertz CT molecular complexity index is 521. The van der Waals surface area contributed by atoms with Gasteiger partial charge < -0.3 is 10.6 Å². The highest BCUT2D eigenvalue weighted by Gasteiger charge is 2.37. The van der Waals surface area contributed by atoms with Crippen LogP contribution < -0.4 is 11.2 Å². The van der Waals surface area contributed by atoms with Crippen LogP contribution in [-0.2, 0) is 0 Å². The summed E-state index contributed by atoms with van der Waals surface area (Å²) < 4.78 is 0. The smallest absolute Gasteiger partial charge is 0.146 e. The van der Waals surface area contributed by atoms with Crippen LogP contribution >= 0.6 is 0 Å². The number of likely N-dealkylation sites (tertiary alicyclic amines) is 1. The third-order valence-corrected chi connectivity index (χ3v) is 4.73. The normalized spacial score (nSPS) is 31.6. The third kappa shape index (κ3) is 3.06. The summed E-state index contributed by atoms with van der Waals surface area (Å²) in [6.45, 7) is 8.57. The van der Waals surface area contributed by atoms with Gasteiger partial charge in [-0.3, -0.25) is 0 Å². The highest BCUT2D eigenvalue weighted by molar-refractivity contribution is 5.94. The number of hydrazine groups is 1. The molecule has 0 aliphatic carbocycles. The number of allylic oxidation sites excluding steroid dienone is 1. The van der Waals surface area contributed by atoms with E-state index in [4.69, 9.17) is 10.7 Å². The summed E-state index contributed by atoms with van der Waals surface area (Å²) in [7, 11) is 0. The van der Waals surface area contributed by atoms with E-state index < -0.39 is 0 Å². The minimum atomic E-state index is -0.00352. The van der Waals surface area contributed by atoms with Crippen LogP contribution in [-0.4, -0.2) is 40.3 Å². The van der Waals surface area contributed by atoms with Gasteiger partial charge in [-0.2, -0.15) is 0 Å². The van der Waals surface area contributed by atoms with Crippen molar-refractivity contribution in [3.8, 4) is 0 Å². The Morgan fingerprint density at radius 2 is 2.32 bits per heavy atom. The highest BCUT2D eigenvalue weighted by atomic mass is 15.6. The summed E-state index contributed by atoms with van der Waals surface area (Å²) in [4.78, 5) is 7.12. The van der Waals surface area contributed by atoms with E-state index in [0.29, 0.717) is 0 Å². The molecule has 0 aromatic rings. The summed E-state index contributed by atoms with van der Waals surface area (Å²) in [5.74, 6) is 2.24. The molecule has 5 heteroatoms. The van der Waals surface area contributed by atoms with Gasteiger partial charge in [0.1, 0.15) is 11.6 Å². The molecule has 0 spiro atoms. The zero-order valence-corrected chi connectivity index (χ0v) is 14.1. The fraction of sp³-hybridized carbons (Fsp3) is 0.706. The Hall–Kier alpha value is -1.33. The maximum Gasteiger partial charge on any atom is 0.146 e. The quantitative estimate of drug-likeness (QED) is 0.837. The molecule has 0 aromatic heterocycles. The van der Waals surface area contributed by atoms with Gasteiger partial charge >= 0.3 is 0 Å². The van der Waals surface area contributed by atoms with Crippen molar-refractivity contribution in [2.24, 2.45) is 10.7 Å². The summed E-state index contributed by atoms with van der Waals surface area (Å²) in [6, 6.07) is 0.273. The van der Waals surface area contributed by atoms with Gasteiger partial charge in [0.25, 0.3) is 0 Å². The monoisotopic (exact) mass is 303 g/mol. The SMILES string of the molecule is CCCCC1(C)C=C2N=C(C)C=C(N3CCCC(N)C3)N2N1. The minimum absolute atomic E-state index is 0.00352. The number of hydrogen-bond donors (Lipinski definition) is 2. The molecule has 3 aliphatic rings. The fourth-order valence-electron chi connectivity index (χ4n) is 3.54. The first kappa shape index (κ1) is 15.6. The molecular formula is C17H29N5. The molecule has 0 radical (unpaired) electrons. The predicted octanol–water partition coefficient (Wildman–Crippen LogP) is 2.34. The van der Waals surface area contributed by atoms with Crippen molar-refractivity contribution in [1.29, 1.82) is 0 Å². The molecule has 22 heavy (non-hydrogen) atoms. The molecule has 3 rings (SSSR count). The second kappa shape index (κ2) is 6.05. The second-order valence-electron chi connectivity index (χ2n) is 7.07. The van der Waals surface area contributed by atoms with Crippen LogP contribution in [0.15, 0.2) is 28.8 Å². The van der Waals surface area contributed by atoms with Crippen LogP contribution in [0.3, 0.4) is 0 Å². The van der Waals surface area contributed by atoms with Crippen LogP contribution in [0.4, 0.5) is 0 Å². The lowest BCUT2D eigenvalue weighted by Crippen LogP contribution is -2.51. The Morgan fingerprint density at radius 1 is 1.50 bits per heavy atom. The molecule has 0 saturated carbocycles. The van der Waals surface area contributed by atoms with Gasteiger partial charge in [-0.05, 0) is 39.2 Å². The molecule has 0 bridgehead atoms. The Kier molecular flexibility index (Phi) is 4.28. The molecule has 2 atom stereocenters. The van der Waals surface area contributed by atoms with Gasteiger partial charge in [-0.1, -0.05) is 19.8 Å². The van der Waals surface area contributed by atoms with Crippen LogP contribution in [0.2, 0.25) is 0 Å². The van der Waals surface area contributed by atoms with E-state index in [1.54, 1.807) is 0 Å². The maximum atomic E-state index is 6.17. The van der Waals surface area contributed by atoms with E-state index in [-0.39, 0.29) is 11.6 Å². The average molecular weight is 303 g/mol. The van der Waals surface area contributed by atoms with Crippen LogP contribution in [0.1, 0.15) is 52.9 Å². The second-order valence-corrected chi connectivity index (χ2v) is 7.07. The highest BCUT2D eigenvalue weighted by Crippen LogP contribution is 2.33. The summed E-state index contributed by atoms with van der Waals surface area (Å²) >= 11 is 0. The average Bonchev–Trinajstić information content (AvgIpc) is 2.81. The van der Waals surface area contributed by atoms with Crippen LogP contribution in [0, 0.1) is 0 Å². The number of hydrogen-bond acceptors (Lipinski definition) is 5. The number of nitrogens with one attached hydrogen (secondary N) is 1. The van der Waals surface area contributed by atoms with Gasteiger partial charge in [-0.25, -0.2) is 15.4 Å². The van der Waals surface area contributed by atoms with E-state index >= 15 is 0 Å². The van der Waals surface area contributed by atoms with Crippen molar-refractivity contribution in [2.75, 3.05) is 13.1 Å². The Labute approximate surface area is 133 Å². The van der Waals surface area contributed by atoms with Gasteiger partial charge in [-0.15, -0.1) is 0 Å². The summed E-state index contributed by atoms with van der Waals surface area (Å²) in [5, 5.41) is 2.17. The van der Waals surface area contributed by atoms with E-state index in [9.17, 15) is 0 Å². The number of nitrogens with zero attached hydrogens (tertiary/aromatic N) is 3. The Morgan fingerprint density at radius 3 is 3.05 bits per heavy atom. The van der Waals surface area contributed by atoms with E-state index in [2.05, 4.69) is 48.3 Å². The van der Waals surface area contributed by atoms with E-state index in [0.717, 1.165) is 43.9 Å². The fourth-order valence-corrected chi connectivity index (χ4v) is 3.54. The first-order valence-electron chi connectivity index (χ1n) is 8.59. The molecule has 1 fully saturated rings. The molecule has 3 aliphatic heterocycles. The lowest BCUT2D eigenvalue weighted by Gasteiger charge is -2.40. The van der Waals surface area contributed by atoms with Crippen molar-refractivity contribution in [3.63, 3.8) is 0 Å². The van der Waals surface area contributed by atoms with Crippen molar-refractivity contribution < 1.29 is 0 Å². The molecule has 0 amide bonds. The summed E-state index contributed by atoms with van der Waals surface area (Å²) in [6.07, 6.45) is 10.3. The zero-order valence-electron chi connectivity index (χ0n) is 14.1. The molecule has 122 valence electrons. The Balaban J connectivity index is 1.82. The largest absolute Gasteiger partial charge is 0.355 e. The standard InChI is InChI=1S/C17H29N5/c1-4-5-8-17(3)11-15-19-13(2)10-16(22(15)20-17)21-9-6-7-14(18)12-21/h10-11,14,20H,4-9,12,18H2,1-3H3. The van der Waals surface area contributed by atoms with Crippen LogP contribution in [0.5, 0.6) is 0 Å². The number of fused-ring (bicyclic) bond motifs is 1. The van der Waals surface area contributed by atoms with E-state index in [1.807, 2.05) is 0 Å². The van der Waals surface area contributed by atoms with Gasteiger partial charge in [0.2, 0.25) is 0 Å². The number of rotatable bonds is 4. The van der Waals surface area contributed by atoms with Crippen LogP contribution in [0.25, 0.3) is 0 Å². The third-order valence-electron chi connectivity index (χ3n) is 4.73. The number of nitrogens with two attached hydrogens (primary N) is 1. The van der Waals surface area contributed by atoms with Gasteiger partial charge in [0.05, 0.1) is 5.54 Å². The molecule has 3 heterocycles. The number of aliphatic imine (C=N–C) groups is 1. The predicted molar refractivity (Wildman–Crippen MR) is 91.0 cm³/mol. The van der Waals surface area contributed by atoms with Crippen molar-refractivity contribution in [2.45, 2.75) is 64.5 Å². The molecule has 3 N–H and O–H groups in total. The van der Waals surface area contributed by atoms with Crippen molar-refractivity contribution >= 4 is 5.71 Å². The number of unbranched alkanes of at least 4 members (excludes halogenated alkanes) is 1. The molecule has 2 unspecified atom stereocenters. The first-order valence-corrected chi connectivity index (χ1v) is 8.59. The maximum absolute atomic E-state index is 6.17. The molecular weight excluding hydrogens is 274 g/mol. The number of piperidine rings is 1. The topological polar surface area (TPSA) is 56.9 Å². The van der Waals surface area contributed by atoms with E-state index in [1.165, 1.54) is 18.7 Å². The molecule has 0 aromatic carbocycles. The minimum Gasteiger partial charge on any atom is -0.355 e. The summed E-state index contributed by atoms with van der Waals surface area (Å²) in [5.41, 5.74) is 10.9. The van der Waals surface area contributed by atoms with Gasteiger partial charge in [0.15, 0.2) is 0 Å². The van der Waals surface area contributed by atoms with Crippen molar-refractivity contribution in [1.82, 2.24) is 15.3 Å². The zero-order chi connectivity index (χ0) is 15.7. The molecule has 5 nitrogen and oxygen atoms in total. The lowest BCUT2D eigenvalue weighted by atomic mass is 9.96. The van der Waals surface area contributed by atoms with Crippen molar-refractivity contribution in [3.05, 3.63) is 23.8 Å². The van der Waals surface area contributed by atoms with Gasteiger partial charge in [0, 0.05) is 30.9 Å². The lowest BCUT2D eigenvalue weighted by molar-refractivity contribution is 0.146. The molecule has 1 saturated heterocycles. The first-order chi connectivity index (χ1) is 10.5.